The first-order valence-corrected chi connectivity index (χ1v) is 12.5. The molecule has 3 heterocycles. The molecule has 2 fully saturated rings. The summed E-state index contributed by atoms with van der Waals surface area (Å²) < 4.78 is 0. The summed E-state index contributed by atoms with van der Waals surface area (Å²) in [7, 11) is 2.02. The van der Waals surface area contributed by atoms with E-state index in [4.69, 9.17) is 4.79 Å². The number of phenolic OH excluding ortho intramolecular Hbond substituents is 1. The number of aryl methyl sites for hydroxylation is 1. The lowest BCUT2D eigenvalue weighted by Gasteiger charge is -2.59. The highest BCUT2D eigenvalue weighted by atomic mass is 16.3. The van der Waals surface area contributed by atoms with Gasteiger partial charge < -0.3 is 30.7 Å². The first-order valence-electron chi connectivity index (χ1n) is 12.5. The molecule has 3 unspecified atom stereocenters. The van der Waals surface area contributed by atoms with Crippen LogP contribution in [0.4, 0.5) is 0 Å². The molecule has 2 saturated heterocycles. The molecule has 0 spiro atoms. The van der Waals surface area contributed by atoms with Crippen LogP contribution in [0.25, 0.3) is 0 Å². The molecule has 0 bridgehead atoms. The number of likely N-dealkylation sites (tertiary alicyclic amines) is 2. The Morgan fingerprint density at radius 2 is 1.86 bits per heavy atom. The fourth-order valence-corrected chi connectivity index (χ4v) is 6.46. The normalized spacial score (nSPS) is 27.4. The first kappa shape index (κ1) is 25.9. The fourth-order valence-electron chi connectivity index (χ4n) is 6.46. The molecular weight excluding hydrogens is 460 g/mol. The van der Waals surface area contributed by atoms with Gasteiger partial charge in [-0.1, -0.05) is 6.07 Å². The molecule has 5 N–H and O–H groups in total. The minimum Gasteiger partial charge on any atom is -0.508 e. The first-order chi connectivity index (χ1) is 17.1. The number of nitrogens with two attached hydrogens (primary N) is 1. The molecule has 2 amide bonds. The number of pyridine rings is 1. The second kappa shape index (κ2) is 9.71. The van der Waals surface area contributed by atoms with Crippen LogP contribution in [-0.2, 0) is 23.1 Å². The number of aliphatic hydroxyl groups is 1. The summed E-state index contributed by atoms with van der Waals surface area (Å²) >= 11 is 0. The molecule has 2 aliphatic heterocycles. The van der Waals surface area contributed by atoms with E-state index in [9.17, 15) is 19.8 Å². The monoisotopic (exact) mass is 496 g/mol. The van der Waals surface area contributed by atoms with Gasteiger partial charge in [-0.25, -0.2) is 0 Å². The second-order valence-electron chi connectivity index (χ2n) is 10.4. The molecule has 0 radical (unpaired) electrons. The van der Waals surface area contributed by atoms with E-state index in [0.29, 0.717) is 32.4 Å². The maximum atomic E-state index is 13.0. The number of fused-ring (bicyclic) bond motifs is 2. The number of aromatic amines is 1. The van der Waals surface area contributed by atoms with Gasteiger partial charge >= 0.3 is 0 Å². The van der Waals surface area contributed by atoms with Crippen molar-refractivity contribution in [1.82, 2.24) is 14.8 Å². The summed E-state index contributed by atoms with van der Waals surface area (Å²) in [6.45, 7) is 6.20. The number of carbonyl (C=O) groups excluding carboxylic acids is 2. The molecule has 5 rings (SSSR count). The van der Waals surface area contributed by atoms with E-state index in [2.05, 4.69) is 15.6 Å². The Morgan fingerprint density at radius 3 is 2.53 bits per heavy atom. The van der Waals surface area contributed by atoms with Crippen molar-refractivity contribution in [3.05, 3.63) is 62.6 Å². The predicted octanol–water partition coefficient (Wildman–Crippen LogP) is 1.22. The maximum Gasteiger partial charge on any atom is 0.261 e. The number of rotatable bonds is 2. The zero-order valence-corrected chi connectivity index (χ0v) is 21.2. The zero-order valence-electron chi connectivity index (χ0n) is 21.2. The van der Waals surface area contributed by atoms with Crippen LogP contribution in [-0.4, -0.2) is 75.6 Å². The smallest absolute Gasteiger partial charge is 0.261 e. The molecule has 36 heavy (non-hydrogen) atoms. The van der Waals surface area contributed by atoms with Crippen LogP contribution in [0.2, 0.25) is 0 Å². The third-order valence-corrected chi connectivity index (χ3v) is 8.59. The predicted molar refractivity (Wildman–Crippen MR) is 136 cm³/mol. The lowest BCUT2D eigenvalue weighted by atomic mass is 9.53. The van der Waals surface area contributed by atoms with Gasteiger partial charge in [-0.2, -0.15) is 0 Å². The molecule has 1 aliphatic carbocycles. The van der Waals surface area contributed by atoms with E-state index >= 15 is 0 Å². The SMILES string of the molecule is Cc1ccc(O)cc1C12CCN(C)C(C)C1(O)Cc1cc(C(=O)N3CCCC3)c(=O)[nH]c1C2.NC=O. The molecule has 3 aliphatic rings. The van der Waals surface area contributed by atoms with Crippen LogP contribution < -0.4 is 11.3 Å². The lowest BCUT2D eigenvalue weighted by Crippen LogP contribution is -2.70. The van der Waals surface area contributed by atoms with Crippen molar-refractivity contribution < 1.29 is 19.8 Å². The number of primary amides is 1. The van der Waals surface area contributed by atoms with Gasteiger partial charge in [0.1, 0.15) is 11.3 Å². The standard InChI is InChI=1S/C26H33N3O4.CH3NO/c1-16-6-7-19(30)13-21(16)25-8-11-28(3)17(2)26(25,33)14-18-12-20(23(31)27-22(18)15-25)24(32)29-9-4-5-10-29;2-1-3/h6-7,12-13,17,30,33H,4-5,8-11,14-15H2,1-3H3,(H,27,31);1H,(H2,2,3). The minimum atomic E-state index is -1.13. The van der Waals surface area contributed by atoms with E-state index in [-0.39, 0.29) is 35.2 Å². The van der Waals surface area contributed by atoms with Crippen molar-refractivity contribution in [2.45, 2.75) is 63.0 Å². The van der Waals surface area contributed by atoms with Crippen molar-refractivity contribution >= 4 is 12.3 Å². The van der Waals surface area contributed by atoms with Gasteiger partial charge in [0.25, 0.3) is 11.5 Å². The van der Waals surface area contributed by atoms with Crippen LogP contribution in [0.15, 0.2) is 29.1 Å². The van der Waals surface area contributed by atoms with E-state index in [0.717, 1.165) is 41.8 Å². The number of piperidine rings is 1. The van der Waals surface area contributed by atoms with Crippen LogP contribution in [0.5, 0.6) is 5.75 Å². The summed E-state index contributed by atoms with van der Waals surface area (Å²) in [4.78, 5) is 41.5. The number of amides is 2. The van der Waals surface area contributed by atoms with Gasteiger partial charge in [0.2, 0.25) is 6.41 Å². The van der Waals surface area contributed by atoms with Gasteiger partial charge in [-0.05, 0) is 81.6 Å². The van der Waals surface area contributed by atoms with E-state index < -0.39 is 11.0 Å². The van der Waals surface area contributed by atoms with Crippen LogP contribution in [0.3, 0.4) is 0 Å². The molecule has 194 valence electrons. The molecule has 1 aromatic heterocycles. The lowest BCUT2D eigenvalue weighted by molar-refractivity contribution is -0.132. The Hall–Kier alpha value is -3.17. The highest BCUT2D eigenvalue weighted by Gasteiger charge is 2.60. The number of aromatic hydroxyl groups is 1. The van der Waals surface area contributed by atoms with Crippen molar-refractivity contribution in [1.29, 1.82) is 0 Å². The number of carbonyl (C=O) groups is 2. The van der Waals surface area contributed by atoms with E-state index in [1.165, 1.54) is 0 Å². The Kier molecular flexibility index (Phi) is 6.99. The average Bonchev–Trinajstić information content (AvgIpc) is 3.38. The summed E-state index contributed by atoms with van der Waals surface area (Å²) in [6, 6.07) is 6.90. The number of hydrogen-bond donors (Lipinski definition) is 4. The van der Waals surface area contributed by atoms with Crippen LogP contribution in [0.1, 0.15) is 58.9 Å². The quantitative estimate of drug-likeness (QED) is 0.461. The second-order valence-corrected chi connectivity index (χ2v) is 10.4. The number of likely N-dealkylation sites (N-methyl/N-ethyl adjacent to an activating group) is 1. The molecule has 9 nitrogen and oxygen atoms in total. The van der Waals surface area contributed by atoms with Gasteiger partial charge in [0.05, 0.1) is 5.60 Å². The van der Waals surface area contributed by atoms with Crippen molar-refractivity contribution in [3.63, 3.8) is 0 Å². The summed E-state index contributed by atoms with van der Waals surface area (Å²) in [5.41, 5.74) is 5.73. The molecule has 0 saturated carbocycles. The molecule has 9 heteroatoms. The molecule has 2 aromatic rings. The Bertz CT molecular complexity index is 1220. The zero-order chi connectivity index (χ0) is 26.3. The highest BCUT2D eigenvalue weighted by Crippen LogP contribution is 2.53. The maximum absolute atomic E-state index is 13.0. The largest absolute Gasteiger partial charge is 0.508 e. The van der Waals surface area contributed by atoms with Gasteiger partial charge in [-0.3, -0.25) is 14.4 Å². The van der Waals surface area contributed by atoms with E-state index in [1.807, 2.05) is 27.0 Å². The Labute approximate surface area is 210 Å². The van der Waals surface area contributed by atoms with Gasteiger partial charge in [0.15, 0.2) is 0 Å². The van der Waals surface area contributed by atoms with Crippen LogP contribution in [0, 0.1) is 6.92 Å². The van der Waals surface area contributed by atoms with Gasteiger partial charge in [-0.15, -0.1) is 0 Å². The number of nitrogens with zero attached hydrogens (tertiary/aromatic N) is 2. The Balaban J connectivity index is 0.000000967. The minimum absolute atomic E-state index is 0.147. The number of phenols is 1. The number of hydrogen-bond acceptors (Lipinski definition) is 6. The number of aromatic nitrogens is 1. The highest BCUT2D eigenvalue weighted by molar-refractivity contribution is 5.94. The fraction of sp³-hybridized carbons (Fsp3) is 0.519. The van der Waals surface area contributed by atoms with Crippen molar-refractivity contribution in [2.24, 2.45) is 5.73 Å². The van der Waals surface area contributed by atoms with Crippen LogP contribution >= 0.6 is 0 Å². The third-order valence-electron chi connectivity index (χ3n) is 8.59. The number of nitrogens with one attached hydrogen (secondary N) is 1. The number of H-pyrrole nitrogens is 1. The third kappa shape index (κ3) is 4.10. The van der Waals surface area contributed by atoms with E-state index in [1.54, 1.807) is 23.1 Å². The molecule has 1 aromatic carbocycles. The summed E-state index contributed by atoms with van der Waals surface area (Å²) in [6.07, 6.45) is 3.66. The van der Waals surface area contributed by atoms with Crippen molar-refractivity contribution in [2.75, 3.05) is 26.7 Å². The summed E-state index contributed by atoms with van der Waals surface area (Å²) in [5, 5.41) is 22.7. The molecule has 3 atom stereocenters. The van der Waals surface area contributed by atoms with Crippen molar-refractivity contribution in [3.8, 4) is 5.75 Å². The summed E-state index contributed by atoms with van der Waals surface area (Å²) in [5.74, 6) is -0.0530. The topological polar surface area (TPSA) is 140 Å². The molecular formula is C27H36N4O5. The Morgan fingerprint density at radius 1 is 1.19 bits per heavy atom. The number of benzene rings is 1. The van der Waals surface area contributed by atoms with Gasteiger partial charge in [0, 0.05) is 43.1 Å². The average molecular weight is 497 g/mol.